The van der Waals surface area contributed by atoms with Gasteiger partial charge in [-0.3, -0.25) is 4.79 Å². The Bertz CT molecular complexity index is 577. The van der Waals surface area contributed by atoms with E-state index in [1.807, 2.05) is 0 Å². The number of halogens is 1. The van der Waals surface area contributed by atoms with Gasteiger partial charge in [0.25, 0.3) is 5.91 Å². The van der Waals surface area contributed by atoms with Gasteiger partial charge in [0.2, 0.25) is 0 Å². The summed E-state index contributed by atoms with van der Waals surface area (Å²) < 4.78 is 5.56. The summed E-state index contributed by atoms with van der Waals surface area (Å²) in [4.78, 5) is 23.8. The average molecular weight is 355 g/mol. The Labute approximate surface area is 147 Å². The molecule has 1 aliphatic carbocycles. The van der Waals surface area contributed by atoms with Crippen molar-refractivity contribution in [3.8, 4) is 0 Å². The number of nitrogens with two attached hydrogens (primary N) is 1. The Morgan fingerprint density at radius 1 is 1.04 bits per heavy atom. The van der Waals surface area contributed by atoms with Gasteiger partial charge in [0.15, 0.2) is 0 Å². The number of urea groups is 1. The fourth-order valence-electron chi connectivity index (χ4n) is 2.51. The van der Waals surface area contributed by atoms with Crippen LogP contribution in [0.3, 0.4) is 0 Å². The molecule has 1 saturated heterocycles. The number of hydrogen-bond acceptors (Lipinski definition) is 4. The molecule has 3 rings (SSSR count). The van der Waals surface area contributed by atoms with Gasteiger partial charge in [0.1, 0.15) is 6.10 Å². The molecule has 1 heterocycles. The SMILES string of the molecule is Cl.NC[C@H]1CC[C@@H](C(=O)Nc2ccc(NC(=O)NC3CC3)cc2)O1. The first-order valence-corrected chi connectivity index (χ1v) is 7.98. The minimum atomic E-state index is -0.439. The van der Waals surface area contributed by atoms with E-state index in [1.165, 1.54) is 0 Å². The smallest absolute Gasteiger partial charge is 0.319 e. The lowest BCUT2D eigenvalue weighted by Gasteiger charge is -2.13. The van der Waals surface area contributed by atoms with Crippen molar-refractivity contribution >= 4 is 35.7 Å². The standard InChI is InChI=1S/C16H22N4O3.ClH/c17-9-13-7-8-14(23-13)15(21)18-10-1-3-11(4-2-10)19-16(22)20-12-5-6-12;/h1-4,12-14H,5-9,17H2,(H,18,21)(H2,19,20,22);1H/t13-,14+;/m1./s1. The van der Waals surface area contributed by atoms with Crippen molar-refractivity contribution in [2.45, 2.75) is 43.9 Å². The van der Waals surface area contributed by atoms with Crippen LogP contribution >= 0.6 is 12.4 Å². The van der Waals surface area contributed by atoms with Crippen molar-refractivity contribution in [1.82, 2.24) is 5.32 Å². The summed E-state index contributed by atoms with van der Waals surface area (Å²) in [6.45, 7) is 0.438. The molecular formula is C16H23ClN4O3. The largest absolute Gasteiger partial charge is 0.364 e. The lowest BCUT2D eigenvalue weighted by Crippen LogP contribution is -2.30. The summed E-state index contributed by atoms with van der Waals surface area (Å²) in [5.41, 5.74) is 6.89. The number of anilines is 2. The molecule has 0 unspecified atom stereocenters. The zero-order valence-electron chi connectivity index (χ0n) is 13.3. The highest BCUT2D eigenvalue weighted by Crippen LogP contribution is 2.21. The van der Waals surface area contributed by atoms with E-state index < -0.39 is 6.10 Å². The Morgan fingerprint density at radius 2 is 1.67 bits per heavy atom. The maximum atomic E-state index is 12.1. The van der Waals surface area contributed by atoms with Gasteiger partial charge in [0.05, 0.1) is 6.10 Å². The summed E-state index contributed by atoms with van der Waals surface area (Å²) in [5.74, 6) is -0.159. The van der Waals surface area contributed by atoms with E-state index in [0.29, 0.717) is 30.4 Å². The summed E-state index contributed by atoms with van der Waals surface area (Å²) >= 11 is 0. The first kappa shape index (κ1) is 18.5. The number of carbonyl (C=O) groups is 2. The van der Waals surface area contributed by atoms with Gasteiger partial charge in [-0.15, -0.1) is 12.4 Å². The summed E-state index contributed by atoms with van der Waals surface area (Å²) in [6.07, 6.45) is 3.13. The molecule has 8 heteroatoms. The Kier molecular flexibility index (Phi) is 6.42. The van der Waals surface area contributed by atoms with E-state index in [2.05, 4.69) is 16.0 Å². The van der Waals surface area contributed by atoms with Crippen LogP contribution in [0, 0.1) is 0 Å². The maximum absolute atomic E-state index is 12.1. The van der Waals surface area contributed by atoms with Crippen LogP contribution in [0.15, 0.2) is 24.3 Å². The lowest BCUT2D eigenvalue weighted by atomic mass is 10.2. The lowest BCUT2D eigenvalue weighted by molar-refractivity contribution is -0.126. The first-order chi connectivity index (χ1) is 11.1. The Balaban J connectivity index is 0.00000208. The van der Waals surface area contributed by atoms with Crippen LogP contribution in [-0.4, -0.2) is 36.7 Å². The molecule has 1 aromatic rings. The highest BCUT2D eigenvalue weighted by Gasteiger charge is 2.29. The monoisotopic (exact) mass is 354 g/mol. The molecule has 1 aliphatic heterocycles. The number of ether oxygens (including phenoxy) is 1. The van der Waals surface area contributed by atoms with Crippen molar-refractivity contribution in [2.24, 2.45) is 5.73 Å². The molecule has 24 heavy (non-hydrogen) atoms. The third kappa shape index (κ3) is 5.09. The fraction of sp³-hybridized carbons (Fsp3) is 0.500. The molecule has 7 nitrogen and oxygen atoms in total. The summed E-state index contributed by atoms with van der Waals surface area (Å²) in [6, 6.07) is 7.12. The molecule has 3 amide bonds. The van der Waals surface area contributed by atoms with Gasteiger partial charge in [0, 0.05) is 24.0 Å². The van der Waals surface area contributed by atoms with Gasteiger partial charge in [-0.05, 0) is 49.9 Å². The van der Waals surface area contributed by atoms with Crippen LogP contribution in [0.25, 0.3) is 0 Å². The number of nitrogens with one attached hydrogen (secondary N) is 3. The molecular weight excluding hydrogens is 332 g/mol. The molecule has 0 aromatic heterocycles. The highest BCUT2D eigenvalue weighted by atomic mass is 35.5. The number of hydrogen-bond donors (Lipinski definition) is 4. The van der Waals surface area contributed by atoms with Crippen LogP contribution in [0.5, 0.6) is 0 Å². The second kappa shape index (κ2) is 8.32. The molecule has 0 bridgehead atoms. The minimum absolute atomic E-state index is 0. The van der Waals surface area contributed by atoms with Crippen molar-refractivity contribution in [1.29, 1.82) is 0 Å². The zero-order valence-corrected chi connectivity index (χ0v) is 14.1. The quantitative estimate of drug-likeness (QED) is 0.647. The number of amides is 3. The van der Waals surface area contributed by atoms with Crippen molar-refractivity contribution in [2.75, 3.05) is 17.2 Å². The van der Waals surface area contributed by atoms with E-state index in [-0.39, 0.29) is 30.4 Å². The zero-order chi connectivity index (χ0) is 16.2. The van der Waals surface area contributed by atoms with Gasteiger partial charge in [-0.1, -0.05) is 0 Å². The molecule has 1 aromatic carbocycles. The molecule has 2 fully saturated rings. The molecule has 0 spiro atoms. The number of carbonyl (C=O) groups excluding carboxylic acids is 2. The van der Waals surface area contributed by atoms with Crippen molar-refractivity contribution < 1.29 is 14.3 Å². The predicted octanol–water partition coefficient (Wildman–Crippen LogP) is 1.84. The topological polar surface area (TPSA) is 105 Å². The minimum Gasteiger partial charge on any atom is -0.364 e. The first-order valence-electron chi connectivity index (χ1n) is 7.98. The van der Waals surface area contributed by atoms with E-state index in [4.69, 9.17) is 10.5 Å². The van der Waals surface area contributed by atoms with E-state index in [9.17, 15) is 9.59 Å². The van der Waals surface area contributed by atoms with Gasteiger partial charge in [-0.2, -0.15) is 0 Å². The van der Waals surface area contributed by atoms with Crippen LogP contribution in [-0.2, 0) is 9.53 Å². The second-order valence-corrected chi connectivity index (χ2v) is 6.00. The average Bonchev–Trinajstić information content (AvgIpc) is 3.21. The van der Waals surface area contributed by atoms with Crippen molar-refractivity contribution in [3.63, 3.8) is 0 Å². The highest BCUT2D eigenvalue weighted by molar-refractivity contribution is 5.95. The van der Waals surface area contributed by atoms with Crippen molar-refractivity contribution in [3.05, 3.63) is 24.3 Å². The summed E-state index contributed by atoms with van der Waals surface area (Å²) in [5, 5.41) is 8.43. The van der Waals surface area contributed by atoms with Gasteiger partial charge >= 0.3 is 6.03 Å². The van der Waals surface area contributed by atoms with Gasteiger partial charge < -0.3 is 26.4 Å². The number of rotatable bonds is 5. The fourth-order valence-corrected chi connectivity index (χ4v) is 2.51. The molecule has 132 valence electrons. The molecule has 1 saturated carbocycles. The Hall–Kier alpha value is -1.83. The second-order valence-electron chi connectivity index (χ2n) is 6.00. The summed E-state index contributed by atoms with van der Waals surface area (Å²) in [7, 11) is 0. The van der Waals surface area contributed by atoms with E-state index in [1.54, 1.807) is 24.3 Å². The van der Waals surface area contributed by atoms with Crippen LogP contribution < -0.4 is 21.7 Å². The third-order valence-electron chi connectivity index (χ3n) is 3.99. The van der Waals surface area contributed by atoms with Crippen LogP contribution in [0.1, 0.15) is 25.7 Å². The predicted molar refractivity (Wildman–Crippen MR) is 94.4 cm³/mol. The molecule has 2 atom stereocenters. The molecule has 0 radical (unpaired) electrons. The van der Waals surface area contributed by atoms with Crippen LogP contribution in [0.2, 0.25) is 0 Å². The third-order valence-corrected chi connectivity index (χ3v) is 3.99. The van der Waals surface area contributed by atoms with E-state index in [0.717, 1.165) is 19.3 Å². The maximum Gasteiger partial charge on any atom is 0.319 e. The molecule has 5 N–H and O–H groups in total. The molecule has 2 aliphatic rings. The van der Waals surface area contributed by atoms with E-state index >= 15 is 0 Å². The van der Waals surface area contributed by atoms with Gasteiger partial charge in [-0.25, -0.2) is 4.79 Å². The Morgan fingerprint density at radius 3 is 2.21 bits per heavy atom. The normalized spacial score (nSPS) is 22.4. The number of benzene rings is 1. The van der Waals surface area contributed by atoms with Crippen LogP contribution in [0.4, 0.5) is 16.2 Å².